The highest BCUT2D eigenvalue weighted by Crippen LogP contribution is 2.34. The van der Waals surface area contributed by atoms with E-state index in [1.165, 1.54) is 26.8 Å². The highest BCUT2D eigenvalue weighted by molar-refractivity contribution is 7.17. The summed E-state index contributed by atoms with van der Waals surface area (Å²) in [6.45, 7) is 9.97. The zero-order chi connectivity index (χ0) is 17.0. The van der Waals surface area contributed by atoms with Crippen molar-refractivity contribution in [2.75, 3.05) is 14.1 Å². The first kappa shape index (κ1) is 17.8. The van der Waals surface area contributed by atoms with E-state index in [0.717, 1.165) is 29.9 Å². The molecule has 0 radical (unpaired) electrons. The molecule has 0 atom stereocenters. The van der Waals surface area contributed by atoms with Gasteiger partial charge in [-0.25, -0.2) is 0 Å². The predicted molar refractivity (Wildman–Crippen MR) is 106 cm³/mol. The molecule has 2 aromatic rings. The first-order valence-corrected chi connectivity index (χ1v) is 9.00. The van der Waals surface area contributed by atoms with Crippen molar-refractivity contribution in [3.05, 3.63) is 70.2 Å². The summed E-state index contributed by atoms with van der Waals surface area (Å²) in [6, 6.07) is 4.37. The molecule has 2 rings (SSSR count). The number of aryl methyl sites for hydroxylation is 1. The second-order valence-electron chi connectivity index (χ2n) is 6.10. The van der Waals surface area contributed by atoms with E-state index in [-0.39, 0.29) is 0 Å². The van der Waals surface area contributed by atoms with Gasteiger partial charge in [-0.2, -0.15) is 0 Å². The molecule has 0 unspecified atom stereocenters. The summed E-state index contributed by atoms with van der Waals surface area (Å²) >= 11 is 8.30. The van der Waals surface area contributed by atoms with Crippen LogP contribution in [-0.2, 0) is 12.8 Å². The predicted octanol–water partition coefficient (Wildman–Crippen LogP) is 6.24. The molecule has 0 amide bonds. The number of allylic oxidation sites excluding steroid dienone is 3. The van der Waals surface area contributed by atoms with Crippen LogP contribution in [0.15, 0.2) is 54.1 Å². The third kappa shape index (κ3) is 4.49. The summed E-state index contributed by atoms with van der Waals surface area (Å²) in [6.07, 6.45) is 6.88. The maximum atomic E-state index is 6.54. The van der Waals surface area contributed by atoms with Crippen LogP contribution in [0.4, 0.5) is 0 Å². The summed E-state index contributed by atoms with van der Waals surface area (Å²) in [5.41, 5.74) is 4.95. The van der Waals surface area contributed by atoms with Crippen molar-refractivity contribution in [2.45, 2.75) is 26.2 Å². The molecule has 1 aromatic heterocycles. The molecule has 0 spiro atoms. The molecule has 1 aromatic carbocycles. The molecule has 0 aliphatic rings. The summed E-state index contributed by atoms with van der Waals surface area (Å²) in [4.78, 5) is 2.07. The fourth-order valence-corrected chi connectivity index (χ4v) is 4.14. The Balaban J connectivity index is 2.24. The van der Waals surface area contributed by atoms with Gasteiger partial charge in [-0.3, -0.25) is 0 Å². The molecule has 0 saturated carbocycles. The van der Waals surface area contributed by atoms with Crippen molar-refractivity contribution < 1.29 is 0 Å². The van der Waals surface area contributed by atoms with Gasteiger partial charge in [0.15, 0.2) is 0 Å². The minimum absolute atomic E-state index is 0.851. The quantitative estimate of drug-likeness (QED) is 0.424. The molecule has 1 heterocycles. The van der Waals surface area contributed by atoms with Crippen LogP contribution in [0.25, 0.3) is 10.1 Å². The Morgan fingerprint density at radius 3 is 2.70 bits per heavy atom. The van der Waals surface area contributed by atoms with Crippen LogP contribution in [0.3, 0.4) is 0 Å². The molecule has 1 nitrogen and oxygen atoms in total. The fraction of sp³-hybridized carbons (Fsp3) is 0.300. The van der Waals surface area contributed by atoms with E-state index in [0.29, 0.717) is 0 Å². The Morgan fingerprint density at radius 1 is 1.35 bits per heavy atom. The monoisotopic (exact) mass is 345 g/mol. The SMILES string of the molecule is C=CCc1csc2cc(CC/C(=C/N(C)C)C(=C)C)cc(Cl)c12. The van der Waals surface area contributed by atoms with Crippen LogP contribution < -0.4 is 0 Å². The van der Waals surface area contributed by atoms with E-state index in [1.54, 1.807) is 11.3 Å². The number of hydrogen-bond acceptors (Lipinski definition) is 2. The average molecular weight is 346 g/mol. The third-order valence-electron chi connectivity index (χ3n) is 3.77. The van der Waals surface area contributed by atoms with Gasteiger partial charge >= 0.3 is 0 Å². The number of rotatable bonds is 7. The van der Waals surface area contributed by atoms with Gasteiger partial charge < -0.3 is 4.90 Å². The highest BCUT2D eigenvalue weighted by Gasteiger charge is 2.10. The summed E-state index contributed by atoms with van der Waals surface area (Å²) in [7, 11) is 4.08. The summed E-state index contributed by atoms with van der Waals surface area (Å²) in [5.74, 6) is 0. The second-order valence-corrected chi connectivity index (χ2v) is 7.42. The van der Waals surface area contributed by atoms with E-state index >= 15 is 0 Å². The van der Waals surface area contributed by atoms with E-state index in [1.807, 2.05) is 20.2 Å². The molecule has 0 N–H and O–H groups in total. The van der Waals surface area contributed by atoms with Crippen molar-refractivity contribution >= 4 is 33.0 Å². The average Bonchev–Trinajstić information content (AvgIpc) is 2.87. The molecule has 122 valence electrons. The largest absolute Gasteiger partial charge is 0.383 e. The molecule has 0 fully saturated rings. The van der Waals surface area contributed by atoms with Crippen molar-refractivity contribution in [1.29, 1.82) is 0 Å². The van der Waals surface area contributed by atoms with Gasteiger partial charge in [-0.05, 0) is 60.4 Å². The molecule has 0 aliphatic carbocycles. The normalized spacial score (nSPS) is 11.7. The van der Waals surface area contributed by atoms with Gasteiger partial charge in [-0.1, -0.05) is 29.8 Å². The first-order valence-electron chi connectivity index (χ1n) is 7.74. The Kier molecular flexibility index (Phi) is 6.09. The first-order chi connectivity index (χ1) is 10.9. The smallest absolute Gasteiger partial charge is 0.0498 e. The Hall–Kier alpha value is -1.51. The minimum atomic E-state index is 0.851. The number of benzene rings is 1. The number of halogens is 1. The van der Waals surface area contributed by atoms with Gasteiger partial charge in [-0.15, -0.1) is 17.9 Å². The van der Waals surface area contributed by atoms with E-state index in [2.05, 4.69) is 48.7 Å². The lowest BCUT2D eigenvalue weighted by molar-refractivity contribution is 0.556. The Labute approximate surface area is 148 Å². The van der Waals surface area contributed by atoms with Crippen molar-refractivity contribution in [1.82, 2.24) is 4.90 Å². The highest BCUT2D eigenvalue weighted by atomic mass is 35.5. The van der Waals surface area contributed by atoms with Crippen LogP contribution in [0, 0.1) is 0 Å². The summed E-state index contributed by atoms with van der Waals surface area (Å²) in [5, 5.41) is 4.22. The number of thiophene rings is 1. The molecule has 0 bridgehead atoms. The molecule has 3 heteroatoms. The van der Waals surface area contributed by atoms with Crippen LogP contribution in [0.2, 0.25) is 5.02 Å². The lowest BCUT2D eigenvalue weighted by Gasteiger charge is -2.12. The van der Waals surface area contributed by atoms with Crippen LogP contribution in [0.1, 0.15) is 24.5 Å². The van der Waals surface area contributed by atoms with Gasteiger partial charge in [0.2, 0.25) is 0 Å². The molecule has 0 saturated heterocycles. The van der Waals surface area contributed by atoms with Crippen molar-refractivity contribution in [3.8, 4) is 0 Å². The molecular weight excluding hydrogens is 322 g/mol. The lowest BCUT2D eigenvalue weighted by Crippen LogP contribution is -2.04. The molecular formula is C20H24ClNS. The standard InChI is InChI=1S/C20H24ClNS/c1-6-7-17-13-23-19-11-15(10-18(21)20(17)19)8-9-16(14(2)3)12-22(4)5/h6,10-13H,1-2,7-9H2,3-5H3/b16-12-. The molecule has 23 heavy (non-hydrogen) atoms. The van der Waals surface area contributed by atoms with Gasteiger partial charge in [0.05, 0.1) is 0 Å². The molecule has 0 aliphatic heterocycles. The van der Waals surface area contributed by atoms with E-state index in [9.17, 15) is 0 Å². The lowest BCUT2D eigenvalue weighted by atomic mass is 9.99. The zero-order valence-corrected chi connectivity index (χ0v) is 15.7. The second kappa shape index (κ2) is 7.85. The minimum Gasteiger partial charge on any atom is -0.383 e. The van der Waals surface area contributed by atoms with Gasteiger partial charge in [0.1, 0.15) is 0 Å². The number of fused-ring (bicyclic) bond motifs is 1. The number of nitrogens with zero attached hydrogens (tertiary/aromatic N) is 1. The van der Waals surface area contributed by atoms with Crippen LogP contribution >= 0.6 is 22.9 Å². The van der Waals surface area contributed by atoms with Gasteiger partial charge in [0.25, 0.3) is 0 Å². The topological polar surface area (TPSA) is 3.24 Å². The number of hydrogen-bond donors (Lipinski definition) is 0. The zero-order valence-electron chi connectivity index (χ0n) is 14.2. The Bertz CT molecular complexity index is 752. The third-order valence-corrected chi connectivity index (χ3v) is 5.05. The maximum Gasteiger partial charge on any atom is 0.0498 e. The van der Waals surface area contributed by atoms with Crippen molar-refractivity contribution in [2.24, 2.45) is 0 Å². The van der Waals surface area contributed by atoms with Gasteiger partial charge in [0, 0.05) is 35.4 Å². The van der Waals surface area contributed by atoms with Crippen molar-refractivity contribution in [3.63, 3.8) is 0 Å². The fourth-order valence-electron chi connectivity index (χ4n) is 2.66. The van der Waals surface area contributed by atoms with Crippen LogP contribution in [0.5, 0.6) is 0 Å². The van der Waals surface area contributed by atoms with E-state index < -0.39 is 0 Å². The van der Waals surface area contributed by atoms with E-state index in [4.69, 9.17) is 11.6 Å². The van der Waals surface area contributed by atoms with Crippen LogP contribution in [-0.4, -0.2) is 19.0 Å². The summed E-state index contributed by atoms with van der Waals surface area (Å²) < 4.78 is 1.26. The Morgan fingerprint density at radius 2 is 2.09 bits per heavy atom. The maximum absolute atomic E-state index is 6.54.